The molecule has 3 heterocycles. The maximum atomic E-state index is 5.12. The molecule has 0 aliphatic heterocycles. The van der Waals surface area contributed by atoms with E-state index in [1.54, 1.807) is 0 Å². The van der Waals surface area contributed by atoms with Crippen LogP contribution in [0.1, 0.15) is 22.3 Å². The molecule has 0 saturated heterocycles. The van der Waals surface area contributed by atoms with E-state index in [9.17, 15) is 0 Å². The molecule has 4 heteroatoms. The summed E-state index contributed by atoms with van der Waals surface area (Å²) in [7, 11) is 0. The van der Waals surface area contributed by atoms with Crippen LogP contribution in [0.4, 0.5) is 0 Å². The summed E-state index contributed by atoms with van der Waals surface area (Å²) >= 11 is 0. The summed E-state index contributed by atoms with van der Waals surface area (Å²) in [6, 6.07) is 41.0. The van der Waals surface area contributed by atoms with E-state index >= 15 is 0 Å². The lowest BCUT2D eigenvalue weighted by atomic mass is 10.0. The number of hydrogen-bond donors (Lipinski definition) is 0. The highest BCUT2D eigenvalue weighted by atomic mass is 15.1. The third kappa shape index (κ3) is 4.14. The van der Waals surface area contributed by atoms with E-state index < -0.39 is 0 Å². The largest absolute Gasteiger partial charge is 0.309 e. The number of hydrogen-bond acceptors (Lipinski definition) is 2. The second kappa shape index (κ2) is 10.1. The van der Waals surface area contributed by atoms with Crippen molar-refractivity contribution in [3.63, 3.8) is 0 Å². The first-order valence-electron chi connectivity index (χ1n) is 15.1. The Labute approximate surface area is 256 Å². The molecule has 5 aromatic carbocycles. The van der Waals surface area contributed by atoms with Crippen LogP contribution in [-0.2, 0) is 0 Å². The monoisotopic (exact) mass is 568 g/mol. The van der Waals surface area contributed by atoms with Gasteiger partial charge in [0.05, 0.1) is 33.8 Å². The molecule has 8 aromatic rings. The maximum Gasteiger partial charge on any atom is 0.235 e. The molecule has 4 nitrogen and oxygen atoms in total. The van der Waals surface area contributed by atoms with Crippen molar-refractivity contribution in [2.24, 2.45) is 0 Å². The molecule has 0 amide bonds. The third-order valence-electron chi connectivity index (χ3n) is 8.68. The van der Waals surface area contributed by atoms with E-state index in [0.29, 0.717) is 5.78 Å². The predicted molar refractivity (Wildman–Crippen MR) is 183 cm³/mol. The molecule has 0 atom stereocenters. The van der Waals surface area contributed by atoms with Crippen molar-refractivity contribution in [1.29, 1.82) is 0 Å². The maximum absolute atomic E-state index is 5.12. The first-order valence-corrected chi connectivity index (χ1v) is 15.1. The van der Waals surface area contributed by atoms with E-state index in [4.69, 9.17) is 9.97 Å². The minimum atomic E-state index is 0.688. The lowest BCUT2D eigenvalue weighted by Crippen LogP contribution is -2.01. The van der Waals surface area contributed by atoms with Gasteiger partial charge in [-0.05, 0) is 81.3 Å². The molecule has 3 aromatic heterocycles. The second-order valence-electron chi connectivity index (χ2n) is 11.9. The predicted octanol–water partition coefficient (Wildman–Crippen LogP) is 10.1. The summed E-state index contributed by atoms with van der Waals surface area (Å²) in [5, 5.41) is 2.59. The lowest BCUT2D eigenvalue weighted by molar-refractivity contribution is 1.10. The molecule has 0 bridgehead atoms. The fourth-order valence-electron chi connectivity index (χ4n) is 6.71. The van der Waals surface area contributed by atoms with E-state index in [-0.39, 0.29) is 0 Å². The Kier molecular flexibility index (Phi) is 5.98. The van der Waals surface area contributed by atoms with Crippen LogP contribution in [0.2, 0.25) is 0 Å². The molecule has 0 aliphatic rings. The Morgan fingerprint density at radius 2 is 1.09 bits per heavy atom. The van der Waals surface area contributed by atoms with Crippen molar-refractivity contribution in [3.05, 3.63) is 144 Å². The van der Waals surface area contributed by atoms with Crippen LogP contribution in [0.5, 0.6) is 0 Å². The lowest BCUT2D eigenvalue weighted by Gasteiger charge is -2.16. The minimum absolute atomic E-state index is 0.688. The topological polar surface area (TPSA) is 35.1 Å². The quantitative estimate of drug-likeness (QED) is 0.212. The fraction of sp³-hybridized carbons (Fsp3) is 0.100. The van der Waals surface area contributed by atoms with Gasteiger partial charge >= 0.3 is 0 Å². The smallest absolute Gasteiger partial charge is 0.235 e. The van der Waals surface area contributed by atoms with Gasteiger partial charge < -0.3 is 4.57 Å². The summed E-state index contributed by atoms with van der Waals surface area (Å²) in [5.41, 5.74) is 14.8. The van der Waals surface area contributed by atoms with Gasteiger partial charge in [-0.25, -0.2) is 9.97 Å². The number of aryl methyl sites for hydroxylation is 4. The van der Waals surface area contributed by atoms with Crippen molar-refractivity contribution in [2.75, 3.05) is 0 Å². The number of nitrogens with zero attached hydrogens (tertiary/aromatic N) is 4. The molecule has 44 heavy (non-hydrogen) atoms. The van der Waals surface area contributed by atoms with Crippen LogP contribution in [0, 0.1) is 27.7 Å². The Balaban J connectivity index is 1.29. The zero-order valence-corrected chi connectivity index (χ0v) is 25.3. The summed E-state index contributed by atoms with van der Waals surface area (Å²) in [5.74, 6) is 0.688. The van der Waals surface area contributed by atoms with Gasteiger partial charge in [-0.15, -0.1) is 0 Å². The van der Waals surface area contributed by atoms with Gasteiger partial charge in [0.25, 0.3) is 0 Å². The molecule has 0 fully saturated rings. The van der Waals surface area contributed by atoms with Crippen molar-refractivity contribution in [3.8, 4) is 39.5 Å². The number of benzene rings is 5. The first kappa shape index (κ1) is 26.2. The van der Waals surface area contributed by atoms with E-state index in [0.717, 1.165) is 33.8 Å². The molecular weight excluding hydrogens is 536 g/mol. The van der Waals surface area contributed by atoms with Gasteiger partial charge in [0.15, 0.2) is 0 Å². The van der Waals surface area contributed by atoms with Crippen LogP contribution >= 0.6 is 0 Å². The van der Waals surface area contributed by atoms with Gasteiger partial charge in [0, 0.05) is 33.7 Å². The van der Waals surface area contributed by atoms with Crippen molar-refractivity contribution in [2.45, 2.75) is 27.7 Å². The van der Waals surface area contributed by atoms with Crippen LogP contribution < -0.4 is 0 Å². The SMILES string of the molecule is Cc1ccc2c(c1)c1cc(C)ccc1n2-c1c(C)cc(-c2ccn3c(-c4ccccc4)c(-c4ccccc4)nc3n2)cc1C. The average Bonchev–Trinajstić information content (AvgIpc) is 3.57. The zero-order chi connectivity index (χ0) is 29.9. The summed E-state index contributed by atoms with van der Waals surface area (Å²) < 4.78 is 4.54. The van der Waals surface area contributed by atoms with Crippen molar-refractivity contribution in [1.82, 2.24) is 18.9 Å². The minimum Gasteiger partial charge on any atom is -0.309 e. The molecule has 0 saturated carbocycles. The number of imidazole rings is 1. The van der Waals surface area contributed by atoms with Gasteiger partial charge in [-0.3, -0.25) is 4.40 Å². The first-order chi connectivity index (χ1) is 21.5. The Hall–Kier alpha value is -5.48. The van der Waals surface area contributed by atoms with Crippen LogP contribution in [-0.4, -0.2) is 18.9 Å². The van der Waals surface area contributed by atoms with E-state index in [2.05, 4.69) is 146 Å². The molecule has 0 N–H and O–H groups in total. The van der Waals surface area contributed by atoms with Crippen LogP contribution in [0.15, 0.2) is 121 Å². The van der Waals surface area contributed by atoms with E-state index in [1.807, 2.05) is 12.1 Å². The van der Waals surface area contributed by atoms with Crippen LogP contribution in [0.25, 0.3) is 67.0 Å². The highest BCUT2D eigenvalue weighted by Gasteiger charge is 2.19. The molecular formula is C40H32N4. The Bertz CT molecular complexity index is 2280. The number of rotatable bonds is 4. The van der Waals surface area contributed by atoms with Gasteiger partial charge in [-0.2, -0.15) is 0 Å². The standard InChI is InChI=1S/C40H32N4/c1-25-15-17-35-32(21-25)33-22-26(2)16-18-36(33)44(35)38-27(3)23-31(24-28(38)4)34-19-20-43-39(30-13-9-6-10-14-30)37(42-40(43)41-34)29-11-7-5-8-12-29/h5-24H,1-4H3. The van der Waals surface area contributed by atoms with Crippen molar-refractivity contribution >= 4 is 27.6 Å². The normalized spacial score (nSPS) is 11.6. The molecule has 0 unspecified atom stereocenters. The molecule has 8 rings (SSSR count). The van der Waals surface area contributed by atoms with Gasteiger partial charge in [-0.1, -0.05) is 83.9 Å². The Morgan fingerprint density at radius 3 is 1.68 bits per heavy atom. The molecule has 0 aliphatic carbocycles. The second-order valence-corrected chi connectivity index (χ2v) is 11.9. The van der Waals surface area contributed by atoms with Gasteiger partial charge in [0.1, 0.15) is 0 Å². The van der Waals surface area contributed by atoms with Gasteiger partial charge in [0.2, 0.25) is 5.78 Å². The number of aromatic nitrogens is 4. The summed E-state index contributed by atoms with van der Waals surface area (Å²) in [4.78, 5) is 10.2. The van der Waals surface area contributed by atoms with Crippen LogP contribution in [0.3, 0.4) is 0 Å². The highest BCUT2D eigenvalue weighted by molar-refractivity contribution is 6.10. The summed E-state index contributed by atoms with van der Waals surface area (Å²) in [6.07, 6.45) is 2.11. The zero-order valence-electron chi connectivity index (χ0n) is 25.3. The fourth-order valence-corrected chi connectivity index (χ4v) is 6.71. The Morgan fingerprint density at radius 1 is 0.523 bits per heavy atom. The van der Waals surface area contributed by atoms with E-state index in [1.165, 1.54) is 49.7 Å². The third-order valence-corrected chi connectivity index (χ3v) is 8.68. The molecule has 0 spiro atoms. The average molecular weight is 569 g/mol. The van der Waals surface area contributed by atoms with Crippen molar-refractivity contribution < 1.29 is 0 Å². The number of fused-ring (bicyclic) bond motifs is 4. The molecule has 0 radical (unpaired) electrons. The highest BCUT2D eigenvalue weighted by Crippen LogP contribution is 2.37. The summed E-state index contributed by atoms with van der Waals surface area (Å²) in [6.45, 7) is 8.75. The molecule has 212 valence electrons.